The summed E-state index contributed by atoms with van der Waals surface area (Å²) in [7, 11) is 1.90. The SMILES string of the molecule is CCOc1cc(NC(=O)N2CCCc3cc(CN4CCN(C)CC4=O)c(C=O)nc32)ncc1C#N. The summed E-state index contributed by atoms with van der Waals surface area (Å²) in [4.78, 5) is 51.2. The molecule has 2 aliphatic rings. The molecule has 11 heteroatoms. The number of carbonyl (C=O) groups is 3. The molecule has 11 nitrogen and oxygen atoms in total. The lowest BCUT2D eigenvalue weighted by molar-refractivity contribution is -0.136. The first kappa shape index (κ1) is 24.1. The van der Waals surface area contributed by atoms with Gasteiger partial charge in [0.15, 0.2) is 6.29 Å². The van der Waals surface area contributed by atoms with E-state index in [0.717, 1.165) is 18.5 Å². The van der Waals surface area contributed by atoms with E-state index >= 15 is 0 Å². The lowest BCUT2D eigenvalue weighted by atomic mass is 10.0. The van der Waals surface area contributed by atoms with Crippen molar-refractivity contribution in [1.82, 2.24) is 19.8 Å². The Kier molecular flexibility index (Phi) is 7.22. The number of hydrogen-bond donors (Lipinski definition) is 1. The van der Waals surface area contributed by atoms with Gasteiger partial charge in [-0.3, -0.25) is 24.7 Å². The molecule has 0 radical (unpaired) electrons. The Hall–Kier alpha value is -4.04. The number of rotatable bonds is 6. The molecule has 4 heterocycles. The molecule has 35 heavy (non-hydrogen) atoms. The maximum atomic E-state index is 13.1. The number of fused-ring (bicyclic) bond motifs is 1. The summed E-state index contributed by atoms with van der Waals surface area (Å²) in [5.41, 5.74) is 2.01. The van der Waals surface area contributed by atoms with Gasteiger partial charge in [-0.15, -0.1) is 0 Å². The van der Waals surface area contributed by atoms with Crippen molar-refractivity contribution in [2.45, 2.75) is 26.3 Å². The molecule has 0 aliphatic carbocycles. The first-order valence-corrected chi connectivity index (χ1v) is 11.5. The minimum atomic E-state index is -0.447. The number of aryl methyl sites for hydroxylation is 1. The molecular formula is C24H27N7O4. The van der Waals surface area contributed by atoms with Crippen LogP contribution in [0.2, 0.25) is 0 Å². The highest BCUT2D eigenvalue weighted by Crippen LogP contribution is 2.29. The van der Waals surface area contributed by atoms with Gasteiger partial charge in [0.05, 0.1) is 19.3 Å². The number of carbonyl (C=O) groups excluding carboxylic acids is 3. The van der Waals surface area contributed by atoms with Crippen LogP contribution in [0.4, 0.5) is 16.4 Å². The number of pyridine rings is 2. The van der Waals surface area contributed by atoms with Gasteiger partial charge in [-0.1, -0.05) is 0 Å². The Morgan fingerprint density at radius 2 is 2.14 bits per heavy atom. The molecule has 0 atom stereocenters. The van der Waals surface area contributed by atoms with Gasteiger partial charge in [-0.05, 0) is 38.4 Å². The highest BCUT2D eigenvalue weighted by molar-refractivity contribution is 6.01. The summed E-state index contributed by atoms with van der Waals surface area (Å²) < 4.78 is 5.46. The first-order valence-electron chi connectivity index (χ1n) is 11.5. The predicted octanol–water partition coefficient (Wildman–Crippen LogP) is 1.82. The number of anilines is 2. The van der Waals surface area contributed by atoms with E-state index in [-0.39, 0.29) is 23.0 Å². The Morgan fingerprint density at radius 3 is 2.86 bits per heavy atom. The summed E-state index contributed by atoms with van der Waals surface area (Å²) in [6.07, 6.45) is 3.44. The Labute approximate surface area is 203 Å². The van der Waals surface area contributed by atoms with E-state index in [0.29, 0.717) is 62.6 Å². The molecule has 0 unspecified atom stereocenters. The molecule has 4 rings (SSSR count). The second kappa shape index (κ2) is 10.5. The van der Waals surface area contributed by atoms with E-state index in [9.17, 15) is 19.6 Å². The lowest BCUT2D eigenvalue weighted by Crippen LogP contribution is -2.48. The summed E-state index contributed by atoms with van der Waals surface area (Å²) >= 11 is 0. The van der Waals surface area contributed by atoms with Gasteiger partial charge < -0.3 is 9.64 Å². The molecule has 182 valence electrons. The van der Waals surface area contributed by atoms with Gasteiger partial charge in [-0.2, -0.15) is 5.26 Å². The van der Waals surface area contributed by atoms with Crippen LogP contribution in [0.3, 0.4) is 0 Å². The van der Waals surface area contributed by atoms with Crippen molar-refractivity contribution in [2.75, 3.05) is 50.1 Å². The van der Waals surface area contributed by atoms with Gasteiger partial charge in [0, 0.05) is 37.8 Å². The average Bonchev–Trinajstić information content (AvgIpc) is 2.85. The third kappa shape index (κ3) is 5.22. The van der Waals surface area contributed by atoms with E-state index in [1.165, 1.54) is 17.2 Å². The minimum absolute atomic E-state index is 0.00987. The largest absolute Gasteiger partial charge is 0.492 e. The molecule has 0 bridgehead atoms. The van der Waals surface area contributed by atoms with Crippen LogP contribution in [-0.4, -0.2) is 77.8 Å². The van der Waals surface area contributed by atoms with Crippen LogP contribution in [0.1, 0.15) is 40.5 Å². The van der Waals surface area contributed by atoms with Gasteiger partial charge in [0.1, 0.15) is 34.7 Å². The van der Waals surface area contributed by atoms with E-state index in [2.05, 4.69) is 15.3 Å². The quantitative estimate of drug-likeness (QED) is 0.623. The third-order valence-electron chi connectivity index (χ3n) is 6.02. The number of aldehydes is 1. The maximum Gasteiger partial charge on any atom is 0.328 e. The third-order valence-corrected chi connectivity index (χ3v) is 6.02. The van der Waals surface area contributed by atoms with Crippen LogP contribution in [0.5, 0.6) is 5.75 Å². The second-order valence-corrected chi connectivity index (χ2v) is 8.48. The Morgan fingerprint density at radius 1 is 1.31 bits per heavy atom. The van der Waals surface area contributed by atoms with Crippen molar-refractivity contribution >= 4 is 29.9 Å². The first-order chi connectivity index (χ1) is 16.9. The van der Waals surface area contributed by atoms with Crippen molar-refractivity contribution in [2.24, 2.45) is 0 Å². The molecule has 2 aromatic heterocycles. The molecule has 0 spiro atoms. The average molecular weight is 478 g/mol. The number of nitriles is 1. The molecule has 2 aromatic rings. The Balaban J connectivity index is 1.56. The standard InChI is InChI=1S/C24H27N7O4/c1-3-35-20-10-21(26-12-18(20)11-25)28-24(34)31-6-4-5-16-9-17(19(15-32)27-23(16)31)13-30-8-7-29(2)14-22(30)33/h9-10,12,15H,3-8,13-14H2,1-2H3,(H,26,28,34). The molecule has 0 saturated carbocycles. The molecule has 1 saturated heterocycles. The lowest BCUT2D eigenvalue weighted by Gasteiger charge is -2.33. The van der Waals surface area contributed by atoms with Gasteiger partial charge in [0.2, 0.25) is 5.91 Å². The van der Waals surface area contributed by atoms with E-state index < -0.39 is 6.03 Å². The van der Waals surface area contributed by atoms with Crippen molar-refractivity contribution in [1.29, 1.82) is 5.26 Å². The van der Waals surface area contributed by atoms with Crippen molar-refractivity contribution in [3.05, 3.63) is 40.7 Å². The number of piperazine rings is 1. The highest BCUT2D eigenvalue weighted by atomic mass is 16.5. The second-order valence-electron chi connectivity index (χ2n) is 8.48. The zero-order valence-electron chi connectivity index (χ0n) is 19.8. The van der Waals surface area contributed by atoms with Crippen molar-refractivity contribution in [3.63, 3.8) is 0 Å². The zero-order valence-corrected chi connectivity index (χ0v) is 19.8. The van der Waals surface area contributed by atoms with Crippen LogP contribution in [0.25, 0.3) is 0 Å². The number of urea groups is 1. The normalized spacial score (nSPS) is 15.9. The number of nitrogens with one attached hydrogen (secondary N) is 1. The molecule has 0 aromatic carbocycles. The molecule has 1 fully saturated rings. The van der Waals surface area contributed by atoms with Crippen LogP contribution in [0.15, 0.2) is 18.3 Å². The molecular weight excluding hydrogens is 450 g/mol. The Bertz CT molecular complexity index is 1190. The minimum Gasteiger partial charge on any atom is -0.492 e. The summed E-state index contributed by atoms with van der Waals surface area (Å²) in [6.45, 7) is 4.60. The van der Waals surface area contributed by atoms with Gasteiger partial charge in [-0.25, -0.2) is 14.8 Å². The van der Waals surface area contributed by atoms with E-state index in [1.54, 1.807) is 11.8 Å². The van der Waals surface area contributed by atoms with E-state index in [1.807, 2.05) is 24.1 Å². The van der Waals surface area contributed by atoms with Crippen LogP contribution in [0, 0.1) is 11.3 Å². The smallest absolute Gasteiger partial charge is 0.328 e. The van der Waals surface area contributed by atoms with E-state index in [4.69, 9.17) is 4.74 Å². The topological polar surface area (TPSA) is 132 Å². The predicted molar refractivity (Wildman–Crippen MR) is 127 cm³/mol. The molecule has 3 amide bonds. The van der Waals surface area contributed by atoms with Gasteiger partial charge >= 0.3 is 6.03 Å². The summed E-state index contributed by atoms with van der Waals surface area (Å²) in [5, 5.41) is 11.9. The zero-order chi connectivity index (χ0) is 24.9. The number of amides is 3. The summed E-state index contributed by atoms with van der Waals surface area (Å²) in [6, 6.07) is 4.95. The fraction of sp³-hybridized carbons (Fsp3) is 0.417. The maximum absolute atomic E-state index is 13.1. The number of likely N-dealkylation sites (N-methyl/N-ethyl adjacent to an activating group) is 1. The van der Waals surface area contributed by atoms with Crippen molar-refractivity contribution in [3.8, 4) is 11.8 Å². The monoisotopic (exact) mass is 477 g/mol. The van der Waals surface area contributed by atoms with Crippen LogP contribution in [-0.2, 0) is 17.8 Å². The number of aromatic nitrogens is 2. The number of ether oxygens (including phenoxy) is 1. The molecule has 2 aliphatic heterocycles. The highest BCUT2D eigenvalue weighted by Gasteiger charge is 2.28. The fourth-order valence-electron chi connectivity index (χ4n) is 4.22. The fourth-order valence-corrected chi connectivity index (χ4v) is 4.22. The number of hydrogen-bond acceptors (Lipinski definition) is 8. The van der Waals surface area contributed by atoms with Gasteiger partial charge in [0.25, 0.3) is 0 Å². The van der Waals surface area contributed by atoms with Crippen LogP contribution >= 0.6 is 0 Å². The van der Waals surface area contributed by atoms with Crippen molar-refractivity contribution < 1.29 is 19.1 Å². The van der Waals surface area contributed by atoms with Crippen LogP contribution < -0.4 is 15.0 Å². The summed E-state index contributed by atoms with van der Waals surface area (Å²) in [5.74, 6) is 1.01. The number of nitrogens with zero attached hydrogens (tertiary/aromatic N) is 6. The molecule has 1 N–H and O–H groups in total.